The highest BCUT2D eigenvalue weighted by atomic mass is 16.6. The number of nitrogens with one attached hydrogen (secondary N) is 1. The van der Waals surface area contributed by atoms with E-state index >= 15 is 0 Å². The molecular weight excluding hydrogens is 234 g/mol. The number of hydrogen-bond acceptors (Lipinski definition) is 5. The molecule has 0 aliphatic heterocycles. The van der Waals surface area contributed by atoms with E-state index in [1.165, 1.54) is 18.3 Å². The van der Waals surface area contributed by atoms with Crippen LogP contribution in [0.3, 0.4) is 0 Å². The van der Waals surface area contributed by atoms with Crippen molar-refractivity contribution in [2.24, 2.45) is 7.05 Å². The molecule has 2 heterocycles. The van der Waals surface area contributed by atoms with E-state index in [1.807, 2.05) is 20.2 Å². The molecule has 1 N–H and O–H groups in total. The number of nitrogens with zero attached hydrogens (tertiary/aromatic N) is 4. The quantitative estimate of drug-likeness (QED) is 0.655. The van der Waals surface area contributed by atoms with Crippen molar-refractivity contribution in [3.63, 3.8) is 0 Å². The van der Waals surface area contributed by atoms with Gasteiger partial charge in [0.15, 0.2) is 0 Å². The molecule has 0 fully saturated rings. The van der Waals surface area contributed by atoms with Crippen LogP contribution in [0.4, 0.5) is 11.5 Å². The second-order valence-corrected chi connectivity index (χ2v) is 3.92. The van der Waals surface area contributed by atoms with Crippen LogP contribution >= 0.6 is 0 Å². The van der Waals surface area contributed by atoms with Gasteiger partial charge in [-0.2, -0.15) is 5.10 Å². The Bertz CT molecular complexity index is 579. The summed E-state index contributed by atoms with van der Waals surface area (Å²) in [6.45, 7) is 2.45. The highest BCUT2D eigenvalue weighted by Gasteiger charge is 2.07. The molecule has 94 valence electrons. The SMILES string of the molecule is Cc1nn(C)cc1CNc1cc([N+](=O)[O-])ccn1. The first-order valence-electron chi connectivity index (χ1n) is 5.39. The van der Waals surface area contributed by atoms with Gasteiger partial charge in [-0.3, -0.25) is 14.8 Å². The summed E-state index contributed by atoms with van der Waals surface area (Å²) in [6, 6.07) is 2.77. The molecule has 0 amide bonds. The summed E-state index contributed by atoms with van der Waals surface area (Å²) in [5.41, 5.74) is 1.98. The van der Waals surface area contributed by atoms with Crippen LogP contribution in [0.1, 0.15) is 11.3 Å². The molecule has 0 atom stereocenters. The highest BCUT2D eigenvalue weighted by molar-refractivity contribution is 5.44. The van der Waals surface area contributed by atoms with Gasteiger partial charge in [0.25, 0.3) is 5.69 Å². The molecule has 7 nitrogen and oxygen atoms in total. The third-order valence-corrected chi connectivity index (χ3v) is 2.53. The normalized spacial score (nSPS) is 10.3. The van der Waals surface area contributed by atoms with E-state index in [4.69, 9.17) is 0 Å². The Morgan fingerprint density at radius 2 is 2.33 bits per heavy atom. The van der Waals surface area contributed by atoms with Gasteiger partial charge in [-0.15, -0.1) is 0 Å². The summed E-state index contributed by atoms with van der Waals surface area (Å²) in [6.07, 6.45) is 3.32. The van der Waals surface area contributed by atoms with Crippen molar-refractivity contribution in [1.29, 1.82) is 0 Å². The van der Waals surface area contributed by atoms with Crippen LogP contribution in [0, 0.1) is 17.0 Å². The lowest BCUT2D eigenvalue weighted by molar-refractivity contribution is -0.384. The lowest BCUT2D eigenvalue weighted by Gasteiger charge is -2.03. The Morgan fingerprint density at radius 1 is 1.56 bits per heavy atom. The minimum atomic E-state index is -0.442. The van der Waals surface area contributed by atoms with Gasteiger partial charge < -0.3 is 5.32 Å². The van der Waals surface area contributed by atoms with Gasteiger partial charge in [0.05, 0.1) is 16.7 Å². The van der Waals surface area contributed by atoms with E-state index in [1.54, 1.807) is 4.68 Å². The molecular formula is C11H13N5O2. The summed E-state index contributed by atoms with van der Waals surface area (Å²) in [7, 11) is 1.85. The third-order valence-electron chi connectivity index (χ3n) is 2.53. The monoisotopic (exact) mass is 247 g/mol. The summed E-state index contributed by atoms with van der Waals surface area (Å²) in [4.78, 5) is 14.2. The van der Waals surface area contributed by atoms with Crippen LogP contribution in [0.5, 0.6) is 0 Å². The number of hydrogen-bond donors (Lipinski definition) is 1. The average Bonchev–Trinajstić information content (AvgIpc) is 2.65. The first-order valence-corrected chi connectivity index (χ1v) is 5.39. The topological polar surface area (TPSA) is 85.9 Å². The maximum absolute atomic E-state index is 10.6. The predicted octanol–water partition coefficient (Wildman–Crippen LogP) is 1.64. The van der Waals surface area contributed by atoms with E-state index in [-0.39, 0.29) is 5.69 Å². The predicted molar refractivity (Wildman–Crippen MR) is 66.2 cm³/mol. The molecule has 0 radical (unpaired) electrons. The van der Waals surface area contributed by atoms with Crippen LogP contribution < -0.4 is 5.32 Å². The van der Waals surface area contributed by atoms with Crippen LogP contribution in [0.2, 0.25) is 0 Å². The number of rotatable bonds is 4. The van der Waals surface area contributed by atoms with E-state index in [2.05, 4.69) is 15.4 Å². The molecule has 0 spiro atoms. The van der Waals surface area contributed by atoms with E-state index < -0.39 is 4.92 Å². The molecule has 0 saturated carbocycles. The van der Waals surface area contributed by atoms with E-state index in [0.29, 0.717) is 12.4 Å². The third kappa shape index (κ3) is 2.62. The summed E-state index contributed by atoms with van der Waals surface area (Å²) < 4.78 is 1.73. The van der Waals surface area contributed by atoms with E-state index in [9.17, 15) is 10.1 Å². The standard InChI is InChI=1S/C11H13N5O2/c1-8-9(7-15(2)14-8)6-13-11-5-10(16(17)18)3-4-12-11/h3-5,7H,6H2,1-2H3,(H,12,13). The van der Waals surface area contributed by atoms with Gasteiger partial charge >= 0.3 is 0 Å². The molecule has 0 aromatic carbocycles. The molecule has 0 unspecified atom stereocenters. The maximum atomic E-state index is 10.6. The maximum Gasteiger partial charge on any atom is 0.274 e. The van der Waals surface area contributed by atoms with Crippen molar-refractivity contribution in [2.75, 3.05) is 5.32 Å². The van der Waals surface area contributed by atoms with Crippen LogP contribution in [0.25, 0.3) is 0 Å². The van der Waals surface area contributed by atoms with Crippen molar-refractivity contribution in [2.45, 2.75) is 13.5 Å². The number of aryl methyl sites for hydroxylation is 2. The van der Waals surface area contributed by atoms with Crippen LogP contribution in [-0.2, 0) is 13.6 Å². The van der Waals surface area contributed by atoms with Crippen LogP contribution in [0.15, 0.2) is 24.5 Å². The van der Waals surface area contributed by atoms with Gasteiger partial charge in [-0.05, 0) is 6.92 Å². The lowest BCUT2D eigenvalue weighted by atomic mass is 10.2. The molecule has 0 aliphatic carbocycles. The zero-order valence-corrected chi connectivity index (χ0v) is 10.1. The van der Waals surface area contributed by atoms with Crippen molar-refractivity contribution in [1.82, 2.24) is 14.8 Å². The van der Waals surface area contributed by atoms with Crippen molar-refractivity contribution < 1.29 is 4.92 Å². The molecule has 0 aliphatic rings. The molecule has 0 saturated heterocycles. The highest BCUT2D eigenvalue weighted by Crippen LogP contribution is 2.15. The summed E-state index contributed by atoms with van der Waals surface area (Å²) in [5.74, 6) is 0.479. The van der Waals surface area contributed by atoms with Gasteiger partial charge in [0.2, 0.25) is 0 Å². The number of nitro groups is 1. The fourth-order valence-corrected chi connectivity index (χ4v) is 1.64. The minimum Gasteiger partial charge on any atom is -0.366 e. The fraction of sp³-hybridized carbons (Fsp3) is 0.273. The molecule has 18 heavy (non-hydrogen) atoms. The second-order valence-electron chi connectivity index (χ2n) is 3.92. The van der Waals surface area contributed by atoms with Crippen molar-refractivity contribution in [3.8, 4) is 0 Å². The summed E-state index contributed by atoms with van der Waals surface area (Å²) in [5, 5.41) is 17.9. The number of pyridine rings is 1. The Kier molecular flexibility index (Phi) is 3.22. The zero-order chi connectivity index (χ0) is 13.1. The lowest BCUT2D eigenvalue weighted by Crippen LogP contribution is -2.02. The Hall–Kier alpha value is -2.44. The van der Waals surface area contributed by atoms with Gasteiger partial charge in [0, 0.05) is 37.6 Å². The smallest absolute Gasteiger partial charge is 0.274 e. The van der Waals surface area contributed by atoms with E-state index in [0.717, 1.165) is 11.3 Å². The van der Waals surface area contributed by atoms with Crippen molar-refractivity contribution >= 4 is 11.5 Å². The number of aromatic nitrogens is 3. The van der Waals surface area contributed by atoms with Gasteiger partial charge in [-0.1, -0.05) is 0 Å². The van der Waals surface area contributed by atoms with Gasteiger partial charge in [-0.25, -0.2) is 4.98 Å². The largest absolute Gasteiger partial charge is 0.366 e. The molecule has 0 bridgehead atoms. The fourth-order valence-electron chi connectivity index (χ4n) is 1.64. The van der Waals surface area contributed by atoms with Crippen molar-refractivity contribution in [3.05, 3.63) is 45.9 Å². The minimum absolute atomic E-state index is 0.0235. The average molecular weight is 247 g/mol. The van der Waals surface area contributed by atoms with Crippen LogP contribution in [-0.4, -0.2) is 19.7 Å². The first kappa shape index (κ1) is 12.0. The summed E-state index contributed by atoms with van der Waals surface area (Å²) >= 11 is 0. The Morgan fingerprint density at radius 3 is 2.94 bits per heavy atom. The molecule has 2 aromatic heterocycles. The molecule has 2 aromatic rings. The first-order chi connectivity index (χ1) is 8.56. The molecule has 7 heteroatoms. The number of anilines is 1. The van der Waals surface area contributed by atoms with Gasteiger partial charge in [0.1, 0.15) is 5.82 Å². The second kappa shape index (κ2) is 4.82. The zero-order valence-electron chi connectivity index (χ0n) is 10.1. The Balaban J connectivity index is 2.08. The molecule has 2 rings (SSSR count). The Labute approximate surface area is 104 Å².